The summed E-state index contributed by atoms with van der Waals surface area (Å²) in [6.07, 6.45) is 1.23. The molecule has 21 heavy (non-hydrogen) atoms. The number of hydrogen-bond donors (Lipinski definition) is 1. The molecule has 2 atom stereocenters. The van der Waals surface area contributed by atoms with Crippen LogP contribution in [0.4, 0.5) is 5.69 Å². The zero-order valence-corrected chi connectivity index (χ0v) is 12.7. The van der Waals surface area contributed by atoms with Gasteiger partial charge in [-0.25, -0.2) is 0 Å². The molecular weight excluding hydrogens is 268 g/mol. The van der Waals surface area contributed by atoms with Gasteiger partial charge in [-0.2, -0.15) is 0 Å². The molecule has 1 aromatic rings. The zero-order chi connectivity index (χ0) is 15.2. The molecule has 1 saturated heterocycles. The standard InChI is InChI=1S/C16H24N2O3/c1-17(11-14(19)12-21-2)15-9-6-10-18(16(15)20)13-7-4-3-5-8-13/h3-5,7-8,14-15,19H,6,9-12H2,1-2H3. The fourth-order valence-corrected chi connectivity index (χ4v) is 2.83. The van der Waals surface area contributed by atoms with Gasteiger partial charge in [-0.05, 0) is 32.0 Å². The molecule has 0 bridgehead atoms. The molecule has 1 aliphatic heterocycles. The molecule has 116 valence electrons. The number of hydrogen-bond acceptors (Lipinski definition) is 4. The Hall–Kier alpha value is -1.43. The Morgan fingerprint density at radius 1 is 1.43 bits per heavy atom. The highest BCUT2D eigenvalue weighted by Crippen LogP contribution is 2.23. The highest BCUT2D eigenvalue weighted by atomic mass is 16.5. The predicted molar refractivity (Wildman–Crippen MR) is 82.3 cm³/mol. The average molecular weight is 292 g/mol. The molecule has 5 nitrogen and oxygen atoms in total. The first-order valence-electron chi connectivity index (χ1n) is 7.37. The molecule has 1 heterocycles. The highest BCUT2D eigenvalue weighted by molar-refractivity contribution is 5.97. The summed E-state index contributed by atoms with van der Waals surface area (Å²) < 4.78 is 4.94. The largest absolute Gasteiger partial charge is 0.389 e. The van der Waals surface area contributed by atoms with Crippen LogP contribution in [-0.2, 0) is 9.53 Å². The van der Waals surface area contributed by atoms with Gasteiger partial charge < -0.3 is 14.7 Å². The lowest BCUT2D eigenvalue weighted by Crippen LogP contribution is -2.53. The highest BCUT2D eigenvalue weighted by Gasteiger charge is 2.32. The van der Waals surface area contributed by atoms with Gasteiger partial charge in [0.25, 0.3) is 0 Å². The summed E-state index contributed by atoms with van der Waals surface area (Å²) in [4.78, 5) is 16.5. The summed E-state index contributed by atoms with van der Waals surface area (Å²) in [5.41, 5.74) is 0.943. The van der Waals surface area contributed by atoms with Gasteiger partial charge in [-0.15, -0.1) is 0 Å². The summed E-state index contributed by atoms with van der Waals surface area (Å²) in [7, 11) is 3.45. The van der Waals surface area contributed by atoms with E-state index in [0.29, 0.717) is 6.54 Å². The fourth-order valence-electron chi connectivity index (χ4n) is 2.83. The first-order chi connectivity index (χ1) is 10.1. The number of aliphatic hydroxyl groups is 1. The maximum Gasteiger partial charge on any atom is 0.244 e. The Kier molecular flexibility index (Phi) is 5.73. The van der Waals surface area contributed by atoms with E-state index >= 15 is 0 Å². The molecule has 5 heteroatoms. The predicted octanol–water partition coefficient (Wildman–Crippen LogP) is 1.12. The van der Waals surface area contributed by atoms with Gasteiger partial charge in [0.2, 0.25) is 5.91 Å². The maximum absolute atomic E-state index is 12.7. The zero-order valence-electron chi connectivity index (χ0n) is 12.7. The number of carbonyl (C=O) groups is 1. The van der Waals surface area contributed by atoms with Crippen molar-refractivity contribution in [2.24, 2.45) is 0 Å². The molecule has 2 rings (SSSR count). The van der Waals surface area contributed by atoms with Gasteiger partial charge in [-0.3, -0.25) is 9.69 Å². The molecule has 0 saturated carbocycles. The number of para-hydroxylation sites is 1. The number of ether oxygens (including phenoxy) is 1. The molecule has 1 aromatic carbocycles. The van der Waals surface area contributed by atoms with Crippen LogP contribution in [0.3, 0.4) is 0 Å². The number of aliphatic hydroxyl groups excluding tert-OH is 1. The topological polar surface area (TPSA) is 53.0 Å². The lowest BCUT2D eigenvalue weighted by molar-refractivity contribution is -0.125. The molecular formula is C16H24N2O3. The van der Waals surface area contributed by atoms with Crippen LogP contribution in [0.15, 0.2) is 30.3 Å². The van der Waals surface area contributed by atoms with Crippen LogP contribution >= 0.6 is 0 Å². The van der Waals surface area contributed by atoms with Gasteiger partial charge in [0, 0.05) is 25.9 Å². The van der Waals surface area contributed by atoms with E-state index in [0.717, 1.165) is 25.1 Å². The van der Waals surface area contributed by atoms with Crippen LogP contribution < -0.4 is 4.90 Å². The molecule has 1 amide bonds. The van der Waals surface area contributed by atoms with Crippen molar-refractivity contribution >= 4 is 11.6 Å². The van der Waals surface area contributed by atoms with E-state index in [9.17, 15) is 9.90 Å². The second kappa shape index (κ2) is 7.54. The van der Waals surface area contributed by atoms with Gasteiger partial charge in [0.15, 0.2) is 0 Å². The minimum atomic E-state index is -0.570. The number of rotatable bonds is 6. The summed E-state index contributed by atoms with van der Waals surface area (Å²) in [6, 6.07) is 9.57. The Balaban J connectivity index is 2.02. The smallest absolute Gasteiger partial charge is 0.244 e. The fraction of sp³-hybridized carbons (Fsp3) is 0.562. The molecule has 0 aromatic heterocycles. The second-order valence-electron chi connectivity index (χ2n) is 5.53. The molecule has 2 unspecified atom stereocenters. The van der Waals surface area contributed by atoms with Crippen LogP contribution in [0, 0.1) is 0 Å². The summed E-state index contributed by atoms with van der Waals surface area (Å²) in [6.45, 7) is 1.48. The Bertz CT molecular complexity index is 452. The van der Waals surface area contributed by atoms with E-state index in [-0.39, 0.29) is 18.6 Å². The number of methoxy groups -OCH3 is 1. The number of anilines is 1. The molecule has 0 spiro atoms. The van der Waals surface area contributed by atoms with Crippen molar-refractivity contribution in [1.82, 2.24) is 4.90 Å². The first-order valence-corrected chi connectivity index (χ1v) is 7.37. The first kappa shape index (κ1) is 15.9. The van der Waals surface area contributed by atoms with Crippen molar-refractivity contribution in [2.45, 2.75) is 25.0 Å². The van der Waals surface area contributed by atoms with Gasteiger partial charge in [0.1, 0.15) is 0 Å². The van der Waals surface area contributed by atoms with Gasteiger partial charge >= 0.3 is 0 Å². The minimum absolute atomic E-state index is 0.111. The number of carbonyl (C=O) groups excluding carboxylic acids is 1. The third kappa shape index (κ3) is 4.03. The van der Waals surface area contributed by atoms with Crippen LogP contribution in [0.5, 0.6) is 0 Å². The molecule has 1 N–H and O–H groups in total. The number of benzene rings is 1. The molecule has 0 aliphatic carbocycles. The van der Waals surface area contributed by atoms with Crippen LogP contribution in [0.1, 0.15) is 12.8 Å². The number of amides is 1. The average Bonchev–Trinajstić information content (AvgIpc) is 2.48. The van der Waals surface area contributed by atoms with E-state index in [1.54, 1.807) is 7.11 Å². The van der Waals surface area contributed by atoms with Crippen LogP contribution in [-0.4, -0.2) is 61.9 Å². The van der Waals surface area contributed by atoms with E-state index < -0.39 is 6.10 Å². The van der Waals surface area contributed by atoms with Crippen molar-refractivity contribution in [3.8, 4) is 0 Å². The third-order valence-corrected chi connectivity index (χ3v) is 3.87. The lowest BCUT2D eigenvalue weighted by Gasteiger charge is -2.37. The number of nitrogens with zero attached hydrogens (tertiary/aromatic N) is 2. The van der Waals surface area contributed by atoms with Crippen molar-refractivity contribution < 1.29 is 14.6 Å². The lowest BCUT2D eigenvalue weighted by atomic mass is 10.0. The molecule has 1 fully saturated rings. The summed E-state index contributed by atoms with van der Waals surface area (Å²) in [5.74, 6) is 0.111. The van der Waals surface area contributed by atoms with E-state index in [1.165, 1.54) is 0 Å². The van der Waals surface area contributed by atoms with Crippen molar-refractivity contribution in [1.29, 1.82) is 0 Å². The number of likely N-dealkylation sites (N-methyl/N-ethyl adjacent to an activating group) is 1. The van der Waals surface area contributed by atoms with E-state index in [1.807, 2.05) is 47.2 Å². The Morgan fingerprint density at radius 2 is 2.14 bits per heavy atom. The SMILES string of the molecule is COCC(O)CN(C)C1CCCN(c2ccccc2)C1=O. The van der Waals surface area contributed by atoms with E-state index in [2.05, 4.69) is 0 Å². The quantitative estimate of drug-likeness (QED) is 0.854. The van der Waals surface area contributed by atoms with Crippen molar-refractivity contribution in [3.05, 3.63) is 30.3 Å². The monoisotopic (exact) mass is 292 g/mol. The normalized spacial score (nSPS) is 20.9. The van der Waals surface area contributed by atoms with E-state index in [4.69, 9.17) is 4.74 Å². The maximum atomic E-state index is 12.7. The Morgan fingerprint density at radius 3 is 2.81 bits per heavy atom. The third-order valence-electron chi connectivity index (χ3n) is 3.87. The number of piperidine rings is 1. The summed E-state index contributed by atoms with van der Waals surface area (Å²) >= 11 is 0. The van der Waals surface area contributed by atoms with Gasteiger partial charge in [-0.1, -0.05) is 18.2 Å². The van der Waals surface area contributed by atoms with Crippen molar-refractivity contribution in [2.75, 3.05) is 38.8 Å². The molecule has 1 aliphatic rings. The van der Waals surface area contributed by atoms with Crippen molar-refractivity contribution in [3.63, 3.8) is 0 Å². The minimum Gasteiger partial charge on any atom is -0.389 e. The van der Waals surface area contributed by atoms with Crippen LogP contribution in [0.25, 0.3) is 0 Å². The van der Waals surface area contributed by atoms with Gasteiger partial charge in [0.05, 0.1) is 18.8 Å². The second-order valence-corrected chi connectivity index (χ2v) is 5.53. The molecule has 0 radical (unpaired) electrons. The van der Waals surface area contributed by atoms with Crippen LogP contribution in [0.2, 0.25) is 0 Å². The Labute approximate surface area is 126 Å². The summed E-state index contributed by atoms with van der Waals surface area (Å²) in [5, 5.41) is 9.83.